The van der Waals surface area contributed by atoms with Crippen LogP contribution in [0.25, 0.3) is 0 Å². The highest BCUT2D eigenvalue weighted by atomic mass is 79.9. The normalized spacial score (nSPS) is 11.1. The first kappa shape index (κ1) is 19.3. The van der Waals surface area contributed by atoms with E-state index in [1.165, 1.54) is 0 Å². The highest BCUT2D eigenvalue weighted by Gasteiger charge is 2.25. The van der Waals surface area contributed by atoms with Crippen molar-refractivity contribution in [2.75, 3.05) is 18.6 Å². The Morgan fingerprint density at radius 1 is 1.12 bits per heavy atom. The fraction of sp³-hybridized carbons (Fsp3) is 0.350. The van der Waals surface area contributed by atoms with Crippen LogP contribution in [0.5, 0.6) is 5.75 Å². The highest BCUT2D eigenvalue weighted by Crippen LogP contribution is 2.32. The van der Waals surface area contributed by atoms with Crippen molar-refractivity contribution in [3.8, 4) is 5.75 Å². The molecule has 134 valence electrons. The standard InChI is InChI=1S/C20H24BrNO3/c1-20(2,3)25-19(23)22(13-12-15-8-6-5-7-9-15)17-14-16(21)10-11-18(17)24-4/h5-11,14H,12-13H2,1-4H3. The number of anilines is 1. The first-order valence-electron chi connectivity index (χ1n) is 8.18. The van der Waals surface area contributed by atoms with Gasteiger partial charge in [-0.25, -0.2) is 4.79 Å². The van der Waals surface area contributed by atoms with Crippen LogP contribution in [0.3, 0.4) is 0 Å². The summed E-state index contributed by atoms with van der Waals surface area (Å²) in [6.07, 6.45) is 0.329. The Labute approximate surface area is 157 Å². The smallest absolute Gasteiger partial charge is 0.414 e. The number of carbonyl (C=O) groups excluding carboxylic acids is 1. The van der Waals surface area contributed by atoms with Gasteiger partial charge in [0, 0.05) is 11.0 Å². The van der Waals surface area contributed by atoms with Gasteiger partial charge in [0.2, 0.25) is 0 Å². The monoisotopic (exact) mass is 405 g/mol. The zero-order chi connectivity index (χ0) is 18.4. The summed E-state index contributed by atoms with van der Waals surface area (Å²) in [7, 11) is 1.59. The molecule has 0 atom stereocenters. The molecule has 0 unspecified atom stereocenters. The predicted octanol–water partition coefficient (Wildman–Crippen LogP) is 5.44. The fourth-order valence-corrected chi connectivity index (χ4v) is 2.74. The van der Waals surface area contributed by atoms with Crippen molar-refractivity contribution in [2.24, 2.45) is 0 Å². The van der Waals surface area contributed by atoms with Gasteiger partial charge in [-0.05, 0) is 51.0 Å². The summed E-state index contributed by atoms with van der Waals surface area (Å²) in [4.78, 5) is 14.4. The predicted molar refractivity (Wildman–Crippen MR) is 104 cm³/mol. The first-order chi connectivity index (χ1) is 11.8. The SMILES string of the molecule is COc1ccc(Br)cc1N(CCc1ccccc1)C(=O)OC(C)(C)C. The third-order valence-electron chi connectivity index (χ3n) is 3.51. The Balaban J connectivity index is 2.31. The van der Waals surface area contributed by atoms with Gasteiger partial charge in [-0.3, -0.25) is 4.90 Å². The molecular formula is C20H24BrNO3. The second-order valence-corrected chi connectivity index (χ2v) is 7.60. The van der Waals surface area contributed by atoms with Gasteiger partial charge in [-0.2, -0.15) is 0 Å². The lowest BCUT2D eigenvalue weighted by Crippen LogP contribution is -2.38. The third kappa shape index (κ3) is 5.78. The van der Waals surface area contributed by atoms with Crippen LogP contribution < -0.4 is 9.64 Å². The summed E-state index contributed by atoms with van der Waals surface area (Å²) in [5, 5.41) is 0. The Kier molecular flexibility index (Phi) is 6.48. The van der Waals surface area contributed by atoms with Crippen LogP contribution in [0.4, 0.5) is 10.5 Å². The molecule has 0 aliphatic rings. The van der Waals surface area contributed by atoms with Crippen LogP contribution in [-0.4, -0.2) is 25.3 Å². The molecule has 0 N–H and O–H groups in total. The lowest BCUT2D eigenvalue weighted by atomic mass is 10.1. The minimum absolute atomic E-state index is 0.389. The van der Waals surface area contributed by atoms with Gasteiger partial charge < -0.3 is 9.47 Å². The van der Waals surface area contributed by atoms with Crippen molar-refractivity contribution in [1.29, 1.82) is 0 Å². The number of ether oxygens (including phenoxy) is 2. The summed E-state index contributed by atoms with van der Waals surface area (Å²) in [5.41, 5.74) is 1.27. The van der Waals surface area contributed by atoms with E-state index in [-0.39, 0.29) is 6.09 Å². The summed E-state index contributed by atoms with van der Waals surface area (Å²) >= 11 is 3.47. The Morgan fingerprint density at radius 2 is 1.80 bits per heavy atom. The highest BCUT2D eigenvalue weighted by molar-refractivity contribution is 9.10. The van der Waals surface area contributed by atoms with Crippen LogP contribution in [-0.2, 0) is 11.2 Å². The molecule has 0 aliphatic carbocycles. The van der Waals surface area contributed by atoms with Gasteiger partial charge in [-0.1, -0.05) is 46.3 Å². The molecule has 1 amide bonds. The van der Waals surface area contributed by atoms with E-state index in [4.69, 9.17) is 9.47 Å². The number of nitrogens with zero attached hydrogens (tertiary/aromatic N) is 1. The fourth-order valence-electron chi connectivity index (χ4n) is 2.39. The zero-order valence-electron chi connectivity index (χ0n) is 15.1. The van der Waals surface area contributed by atoms with Crippen molar-refractivity contribution in [3.05, 3.63) is 58.6 Å². The zero-order valence-corrected chi connectivity index (χ0v) is 16.7. The molecule has 2 aromatic carbocycles. The summed E-state index contributed by atoms with van der Waals surface area (Å²) in [6.45, 7) is 6.07. The molecule has 0 spiro atoms. The van der Waals surface area contributed by atoms with Crippen LogP contribution in [0.15, 0.2) is 53.0 Å². The molecule has 0 saturated carbocycles. The molecule has 0 fully saturated rings. The number of methoxy groups -OCH3 is 1. The number of hydrogen-bond acceptors (Lipinski definition) is 3. The average Bonchev–Trinajstić information content (AvgIpc) is 2.54. The number of rotatable bonds is 5. The second kappa shape index (κ2) is 8.39. The Bertz CT molecular complexity index is 711. The van der Waals surface area contributed by atoms with E-state index in [1.807, 2.05) is 69.3 Å². The maximum atomic E-state index is 12.8. The van der Waals surface area contributed by atoms with Gasteiger partial charge >= 0.3 is 6.09 Å². The van der Waals surface area contributed by atoms with E-state index < -0.39 is 5.60 Å². The van der Waals surface area contributed by atoms with E-state index in [1.54, 1.807) is 12.0 Å². The molecule has 0 saturated heterocycles. The minimum Gasteiger partial charge on any atom is -0.495 e. The number of carbonyl (C=O) groups is 1. The van der Waals surface area contributed by atoms with E-state index >= 15 is 0 Å². The van der Waals surface area contributed by atoms with E-state index in [2.05, 4.69) is 15.9 Å². The summed E-state index contributed by atoms with van der Waals surface area (Å²) in [5.74, 6) is 0.627. The van der Waals surface area contributed by atoms with Crippen molar-refractivity contribution < 1.29 is 14.3 Å². The maximum Gasteiger partial charge on any atom is 0.414 e. The lowest BCUT2D eigenvalue weighted by molar-refractivity contribution is 0.0580. The molecule has 0 aliphatic heterocycles. The molecule has 2 aromatic rings. The topological polar surface area (TPSA) is 38.8 Å². The molecule has 0 radical (unpaired) electrons. The molecule has 0 heterocycles. The molecule has 0 aromatic heterocycles. The molecule has 5 heteroatoms. The van der Waals surface area contributed by atoms with Crippen LogP contribution in [0.2, 0.25) is 0 Å². The Morgan fingerprint density at radius 3 is 2.40 bits per heavy atom. The van der Waals surface area contributed by atoms with Crippen molar-refractivity contribution >= 4 is 27.7 Å². The molecule has 25 heavy (non-hydrogen) atoms. The number of halogens is 1. The van der Waals surface area contributed by atoms with Crippen LogP contribution in [0, 0.1) is 0 Å². The first-order valence-corrected chi connectivity index (χ1v) is 8.97. The number of benzene rings is 2. The van der Waals surface area contributed by atoms with Gasteiger partial charge in [0.1, 0.15) is 11.4 Å². The molecular weight excluding hydrogens is 382 g/mol. The van der Waals surface area contributed by atoms with E-state index in [0.717, 1.165) is 16.5 Å². The third-order valence-corrected chi connectivity index (χ3v) is 4.01. The minimum atomic E-state index is -0.568. The quantitative estimate of drug-likeness (QED) is 0.664. The van der Waals surface area contributed by atoms with E-state index in [9.17, 15) is 4.79 Å². The van der Waals surface area contributed by atoms with Crippen molar-refractivity contribution in [1.82, 2.24) is 0 Å². The summed E-state index contributed by atoms with van der Waals surface area (Å²) in [6, 6.07) is 15.6. The van der Waals surface area contributed by atoms with Gasteiger partial charge in [-0.15, -0.1) is 0 Å². The van der Waals surface area contributed by atoms with Crippen LogP contribution >= 0.6 is 15.9 Å². The van der Waals surface area contributed by atoms with Crippen molar-refractivity contribution in [3.63, 3.8) is 0 Å². The van der Waals surface area contributed by atoms with Crippen LogP contribution in [0.1, 0.15) is 26.3 Å². The van der Waals surface area contributed by atoms with Gasteiger partial charge in [0.25, 0.3) is 0 Å². The largest absolute Gasteiger partial charge is 0.495 e. The lowest BCUT2D eigenvalue weighted by Gasteiger charge is -2.28. The number of hydrogen-bond donors (Lipinski definition) is 0. The molecule has 4 nitrogen and oxygen atoms in total. The second-order valence-electron chi connectivity index (χ2n) is 6.68. The molecule has 0 bridgehead atoms. The van der Waals surface area contributed by atoms with E-state index in [0.29, 0.717) is 18.0 Å². The van der Waals surface area contributed by atoms with Crippen molar-refractivity contribution in [2.45, 2.75) is 32.8 Å². The van der Waals surface area contributed by atoms with Gasteiger partial charge in [0.15, 0.2) is 0 Å². The van der Waals surface area contributed by atoms with Gasteiger partial charge in [0.05, 0.1) is 12.8 Å². The Hall–Kier alpha value is -2.01. The number of amides is 1. The molecule has 2 rings (SSSR count). The average molecular weight is 406 g/mol. The maximum absolute atomic E-state index is 12.8. The summed E-state index contributed by atoms with van der Waals surface area (Å²) < 4.78 is 11.9.